The number of hydrogen-bond donors (Lipinski definition) is 2. The van der Waals surface area contributed by atoms with E-state index in [1.807, 2.05) is 12.1 Å². The maximum Gasteiger partial charge on any atom is 0.338 e. The van der Waals surface area contributed by atoms with Gasteiger partial charge in [0.05, 0.1) is 10.2 Å². The molecule has 0 bridgehead atoms. The molecule has 76 valence electrons. The van der Waals surface area contributed by atoms with E-state index >= 15 is 0 Å². The Morgan fingerprint density at radius 2 is 2.07 bits per heavy atom. The molecule has 0 aliphatic heterocycles. The number of nitrogens with zero attached hydrogens (tertiary/aromatic N) is 1. The smallest absolute Gasteiger partial charge is 0.338 e. The summed E-state index contributed by atoms with van der Waals surface area (Å²) in [4.78, 5) is 17.6. The summed E-state index contributed by atoms with van der Waals surface area (Å²) in [6, 6.07) is 5.20. The molecule has 2 rings (SSSR count). The van der Waals surface area contributed by atoms with Crippen LogP contribution in [-0.2, 0) is 0 Å². The second-order valence-electron chi connectivity index (χ2n) is 2.95. The van der Waals surface area contributed by atoms with Crippen molar-refractivity contribution in [3.8, 4) is 11.3 Å². The van der Waals surface area contributed by atoms with Gasteiger partial charge in [0, 0.05) is 23.7 Å². The number of nitrogens with one attached hydrogen (secondary N) is 1. The molecule has 2 N–H and O–H groups in total. The zero-order chi connectivity index (χ0) is 10.8. The molecule has 4 nitrogen and oxygen atoms in total. The minimum atomic E-state index is -0.960. The minimum absolute atomic E-state index is 0.224. The first-order valence-corrected chi connectivity index (χ1v) is 5.00. The third kappa shape index (κ3) is 1.92. The molecule has 2 heterocycles. The molecule has 0 atom stereocenters. The number of hydrogen-bond acceptors (Lipinski definition) is 2. The second-order valence-corrected chi connectivity index (χ2v) is 3.74. The summed E-state index contributed by atoms with van der Waals surface area (Å²) in [6.07, 6.45) is 3.31. The Kier molecular flexibility index (Phi) is 2.55. The van der Waals surface area contributed by atoms with Crippen molar-refractivity contribution in [1.29, 1.82) is 0 Å². The molecule has 0 aliphatic carbocycles. The topological polar surface area (TPSA) is 66.0 Å². The molecule has 0 radical (unpaired) electrons. The van der Waals surface area contributed by atoms with Crippen LogP contribution in [0.2, 0.25) is 0 Å². The molecule has 0 spiro atoms. The maximum atomic E-state index is 10.8. The molecule has 5 heteroatoms. The number of pyridine rings is 1. The third-order valence-electron chi connectivity index (χ3n) is 1.99. The Bertz CT molecular complexity index is 493. The summed E-state index contributed by atoms with van der Waals surface area (Å²) in [5, 5.41) is 8.86. The van der Waals surface area contributed by atoms with Gasteiger partial charge in [-0.15, -0.1) is 0 Å². The lowest BCUT2D eigenvalue weighted by Crippen LogP contribution is -1.93. The van der Waals surface area contributed by atoms with Crippen molar-refractivity contribution < 1.29 is 9.90 Å². The van der Waals surface area contributed by atoms with Crippen LogP contribution in [0, 0.1) is 0 Å². The fourth-order valence-corrected chi connectivity index (χ4v) is 1.77. The number of H-pyrrole nitrogens is 1. The lowest BCUT2D eigenvalue weighted by atomic mass is 10.2. The van der Waals surface area contributed by atoms with E-state index in [4.69, 9.17) is 5.11 Å². The van der Waals surface area contributed by atoms with E-state index in [1.54, 1.807) is 18.5 Å². The molecule has 15 heavy (non-hydrogen) atoms. The fraction of sp³-hybridized carbons (Fsp3) is 0. The summed E-state index contributed by atoms with van der Waals surface area (Å²) < 4.78 is 0.474. The Labute approximate surface area is 94.1 Å². The average molecular weight is 267 g/mol. The molecule has 0 fully saturated rings. The number of rotatable bonds is 2. The number of carboxylic acid groups (broad SMARTS) is 1. The first kappa shape index (κ1) is 9.92. The van der Waals surface area contributed by atoms with E-state index in [2.05, 4.69) is 25.9 Å². The van der Waals surface area contributed by atoms with Crippen LogP contribution >= 0.6 is 15.9 Å². The van der Waals surface area contributed by atoms with Gasteiger partial charge in [-0.3, -0.25) is 4.98 Å². The number of aromatic amines is 1. The molecular formula is C10H7BrN2O2. The normalized spacial score (nSPS) is 10.2. The van der Waals surface area contributed by atoms with Gasteiger partial charge in [-0.05, 0) is 34.1 Å². The number of halogens is 1. The predicted molar refractivity (Wildman–Crippen MR) is 58.7 cm³/mol. The molecule has 0 aliphatic rings. The standard InChI is InChI=1S/C10H7BrN2O2/c11-9-7(10(14)15)5-8(13-9)6-1-3-12-4-2-6/h1-5,13H,(H,14,15). The SMILES string of the molecule is O=C(O)c1cc(-c2ccncc2)[nH]c1Br. The number of aromatic nitrogens is 2. The van der Waals surface area contributed by atoms with Crippen molar-refractivity contribution in [1.82, 2.24) is 9.97 Å². The summed E-state index contributed by atoms with van der Waals surface area (Å²) in [5.41, 5.74) is 1.88. The van der Waals surface area contributed by atoms with E-state index in [1.165, 1.54) is 0 Å². The third-order valence-corrected chi connectivity index (χ3v) is 2.62. The van der Waals surface area contributed by atoms with Gasteiger partial charge in [0.2, 0.25) is 0 Å². The van der Waals surface area contributed by atoms with Crippen LogP contribution in [0.25, 0.3) is 11.3 Å². The van der Waals surface area contributed by atoms with Gasteiger partial charge in [-0.25, -0.2) is 4.79 Å². The van der Waals surface area contributed by atoms with E-state index in [9.17, 15) is 4.79 Å². The minimum Gasteiger partial charge on any atom is -0.478 e. The van der Waals surface area contributed by atoms with Gasteiger partial charge in [-0.1, -0.05) is 0 Å². The Hall–Kier alpha value is -1.62. The highest BCUT2D eigenvalue weighted by molar-refractivity contribution is 9.10. The quantitative estimate of drug-likeness (QED) is 0.878. The second kappa shape index (κ2) is 3.86. The Balaban J connectivity index is 2.48. The lowest BCUT2D eigenvalue weighted by molar-refractivity contribution is 0.0696. The highest BCUT2D eigenvalue weighted by atomic mass is 79.9. The van der Waals surface area contributed by atoms with Crippen LogP contribution in [0.1, 0.15) is 10.4 Å². The average Bonchev–Trinajstić information content (AvgIpc) is 2.62. The molecule has 0 saturated carbocycles. The highest BCUT2D eigenvalue weighted by Crippen LogP contribution is 2.24. The van der Waals surface area contributed by atoms with Crippen molar-refractivity contribution in [3.05, 3.63) is 40.8 Å². The lowest BCUT2D eigenvalue weighted by Gasteiger charge is -1.94. The van der Waals surface area contributed by atoms with Gasteiger partial charge in [0.25, 0.3) is 0 Å². The number of carboxylic acids is 1. The van der Waals surface area contributed by atoms with Gasteiger partial charge in [0.15, 0.2) is 0 Å². The molecular weight excluding hydrogens is 260 g/mol. The van der Waals surface area contributed by atoms with Gasteiger partial charge in [-0.2, -0.15) is 0 Å². The molecule has 0 unspecified atom stereocenters. The fourth-order valence-electron chi connectivity index (χ4n) is 1.27. The summed E-state index contributed by atoms with van der Waals surface area (Å²) >= 11 is 3.16. The van der Waals surface area contributed by atoms with Crippen LogP contribution in [-0.4, -0.2) is 21.0 Å². The Morgan fingerprint density at radius 3 is 2.60 bits per heavy atom. The maximum absolute atomic E-state index is 10.8. The largest absolute Gasteiger partial charge is 0.478 e. The summed E-state index contributed by atoms with van der Waals surface area (Å²) in [6.45, 7) is 0. The number of aromatic carboxylic acids is 1. The van der Waals surface area contributed by atoms with Crippen LogP contribution in [0.4, 0.5) is 0 Å². The summed E-state index contributed by atoms with van der Waals surface area (Å²) in [7, 11) is 0. The molecule has 0 amide bonds. The molecule has 0 aromatic carbocycles. The van der Waals surface area contributed by atoms with Gasteiger partial charge < -0.3 is 10.1 Å². The Morgan fingerprint density at radius 1 is 1.40 bits per heavy atom. The van der Waals surface area contributed by atoms with E-state index < -0.39 is 5.97 Å². The van der Waals surface area contributed by atoms with Crippen molar-refractivity contribution in [2.45, 2.75) is 0 Å². The van der Waals surface area contributed by atoms with E-state index in [0.717, 1.165) is 11.3 Å². The highest BCUT2D eigenvalue weighted by Gasteiger charge is 2.12. The monoisotopic (exact) mass is 266 g/mol. The molecule has 2 aromatic heterocycles. The van der Waals surface area contributed by atoms with Crippen LogP contribution < -0.4 is 0 Å². The van der Waals surface area contributed by atoms with Crippen molar-refractivity contribution in [2.24, 2.45) is 0 Å². The first-order valence-electron chi connectivity index (χ1n) is 4.20. The van der Waals surface area contributed by atoms with Crippen LogP contribution in [0.15, 0.2) is 35.2 Å². The summed E-state index contributed by atoms with van der Waals surface area (Å²) in [5.74, 6) is -0.960. The predicted octanol–water partition coefficient (Wildman–Crippen LogP) is 2.54. The van der Waals surface area contributed by atoms with Crippen molar-refractivity contribution in [3.63, 3.8) is 0 Å². The van der Waals surface area contributed by atoms with Gasteiger partial charge in [0.1, 0.15) is 0 Å². The van der Waals surface area contributed by atoms with E-state index in [-0.39, 0.29) is 5.56 Å². The van der Waals surface area contributed by atoms with Crippen molar-refractivity contribution in [2.75, 3.05) is 0 Å². The molecule has 2 aromatic rings. The van der Waals surface area contributed by atoms with Gasteiger partial charge >= 0.3 is 5.97 Å². The van der Waals surface area contributed by atoms with E-state index in [0.29, 0.717) is 4.60 Å². The molecule has 0 saturated heterocycles. The zero-order valence-electron chi connectivity index (χ0n) is 7.57. The zero-order valence-corrected chi connectivity index (χ0v) is 9.15. The van der Waals surface area contributed by atoms with Crippen LogP contribution in [0.5, 0.6) is 0 Å². The number of carbonyl (C=O) groups is 1. The van der Waals surface area contributed by atoms with Crippen molar-refractivity contribution >= 4 is 21.9 Å². The first-order chi connectivity index (χ1) is 7.18. The van der Waals surface area contributed by atoms with Crippen LogP contribution in [0.3, 0.4) is 0 Å².